The van der Waals surface area contributed by atoms with E-state index in [1.54, 1.807) is 24.3 Å². The molecule has 0 saturated carbocycles. The van der Waals surface area contributed by atoms with Crippen LogP contribution in [0.2, 0.25) is 0 Å². The number of nitrogens with one attached hydrogen (secondary N) is 1. The Morgan fingerprint density at radius 3 is 1.89 bits per heavy atom. The molecule has 0 atom stereocenters. The molecular weight excluding hydrogens is 362 g/mol. The molecule has 2 aromatic carbocycles. The first kappa shape index (κ1) is 19.5. The van der Waals surface area contributed by atoms with E-state index in [1.807, 2.05) is 11.8 Å². The lowest BCUT2D eigenvalue weighted by molar-refractivity contribution is 0.625. The summed E-state index contributed by atoms with van der Waals surface area (Å²) in [6, 6.07) is 12.4. The van der Waals surface area contributed by atoms with Crippen LogP contribution in [0.1, 0.15) is 24.5 Å². The summed E-state index contributed by atoms with van der Waals surface area (Å²) in [5, 5.41) is 3.11. The molecule has 1 heterocycles. The maximum Gasteiger partial charge on any atom is 0.232 e. The molecule has 0 unspecified atom stereocenters. The standard InChI is InChI=1S/C20H22F2N6/c1-2-11-24-19-25-18(23)26-20(27-19)28(12-14-3-7-16(21)8-4-14)13-15-5-9-17(22)10-6-15/h3-10H,2,11-13H2,1H3,(H3,23,24,25,26,27). The Morgan fingerprint density at radius 2 is 1.39 bits per heavy atom. The molecule has 0 aliphatic carbocycles. The summed E-state index contributed by atoms with van der Waals surface area (Å²) in [6.07, 6.45) is 0.912. The van der Waals surface area contributed by atoms with Crippen molar-refractivity contribution < 1.29 is 8.78 Å². The Kier molecular flexibility index (Phi) is 6.31. The molecule has 0 spiro atoms. The van der Waals surface area contributed by atoms with Gasteiger partial charge < -0.3 is 16.0 Å². The van der Waals surface area contributed by atoms with Crippen molar-refractivity contribution in [1.29, 1.82) is 0 Å². The highest BCUT2D eigenvalue weighted by Crippen LogP contribution is 2.19. The van der Waals surface area contributed by atoms with Crippen molar-refractivity contribution in [3.8, 4) is 0 Å². The number of hydrogen-bond acceptors (Lipinski definition) is 6. The molecular formula is C20H22F2N6. The third kappa shape index (κ3) is 5.35. The molecule has 6 nitrogen and oxygen atoms in total. The zero-order valence-electron chi connectivity index (χ0n) is 15.6. The summed E-state index contributed by atoms with van der Waals surface area (Å²) in [7, 11) is 0. The third-order valence-electron chi connectivity index (χ3n) is 4.03. The van der Waals surface area contributed by atoms with E-state index in [0.717, 1.165) is 17.5 Å². The molecule has 28 heavy (non-hydrogen) atoms. The number of halogens is 2. The number of nitrogens with two attached hydrogens (primary N) is 1. The molecule has 0 aliphatic rings. The van der Waals surface area contributed by atoms with Crippen molar-refractivity contribution in [3.63, 3.8) is 0 Å². The lowest BCUT2D eigenvalue weighted by atomic mass is 10.1. The average Bonchev–Trinajstić information content (AvgIpc) is 2.69. The zero-order valence-corrected chi connectivity index (χ0v) is 15.6. The van der Waals surface area contributed by atoms with Crippen LogP contribution in [0, 0.1) is 11.6 Å². The van der Waals surface area contributed by atoms with Gasteiger partial charge in [0.1, 0.15) is 11.6 Å². The van der Waals surface area contributed by atoms with Gasteiger partial charge in [0.05, 0.1) is 0 Å². The molecule has 0 amide bonds. The maximum atomic E-state index is 13.2. The van der Waals surface area contributed by atoms with Gasteiger partial charge in [-0.15, -0.1) is 0 Å². The lowest BCUT2D eigenvalue weighted by Crippen LogP contribution is -2.25. The van der Waals surface area contributed by atoms with Gasteiger partial charge in [-0.2, -0.15) is 15.0 Å². The average molecular weight is 384 g/mol. The number of hydrogen-bond donors (Lipinski definition) is 2. The Labute approximate surface area is 162 Å². The highest BCUT2D eigenvalue weighted by atomic mass is 19.1. The minimum Gasteiger partial charge on any atom is -0.368 e. The van der Waals surface area contributed by atoms with E-state index < -0.39 is 0 Å². The van der Waals surface area contributed by atoms with E-state index in [2.05, 4.69) is 20.3 Å². The second kappa shape index (κ2) is 9.07. The number of nitrogens with zero attached hydrogens (tertiary/aromatic N) is 4. The fourth-order valence-electron chi connectivity index (χ4n) is 2.66. The second-order valence-electron chi connectivity index (χ2n) is 6.35. The third-order valence-corrected chi connectivity index (χ3v) is 4.03. The van der Waals surface area contributed by atoms with Gasteiger partial charge in [0, 0.05) is 19.6 Å². The van der Waals surface area contributed by atoms with Crippen LogP contribution in [0.15, 0.2) is 48.5 Å². The largest absolute Gasteiger partial charge is 0.368 e. The summed E-state index contributed by atoms with van der Waals surface area (Å²) in [6.45, 7) is 3.59. The van der Waals surface area contributed by atoms with Crippen LogP contribution in [0.3, 0.4) is 0 Å². The molecule has 8 heteroatoms. The van der Waals surface area contributed by atoms with Gasteiger partial charge in [0.25, 0.3) is 0 Å². The molecule has 146 valence electrons. The number of benzene rings is 2. The van der Waals surface area contributed by atoms with Crippen molar-refractivity contribution in [3.05, 3.63) is 71.3 Å². The first-order chi connectivity index (χ1) is 13.5. The number of aromatic nitrogens is 3. The van der Waals surface area contributed by atoms with Crippen LogP contribution < -0.4 is 16.0 Å². The molecule has 3 aromatic rings. The molecule has 0 saturated heterocycles. The summed E-state index contributed by atoms with van der Waals surface area (Å²) in [5.74, 6) is 0.285. The minimum absolute atomic E-state index is 0.104. The van der Waals surface area contributed by atoms with Gasteiger partial charge in [-0.3, -0.25) is 0 Å². The van der Waals surface area contributed by atoms with E-state index in [1.165, 1.54) is 24.3 Å². The quantitative estimate of drug-likeness (QED) is 0.616. The fourth-order valence-corrected chi connectivity index (χ4v) is 2.66. The van der Waals surface area contributed by atoms with Gasteiger partial charge in [-0.05, 0) is 41.8 Å². The highest BCUT2D eigenvalue weighted by Gasteiger charge is 2.15. The van der Waals surface area contributed by atoms with Gasteiger partial charge in [0.15, 0.2) is 0 Å². The van der Waals surface area contributed by atoms with Gasteiger partial charge in [0.2, 0.25) is 17.8 Å². The summed E-state index contributed by atoms with van der Waals surface area (Å²) < 4.78 is 26.5. The molecule has 0 bridgehead atoms. The van der Waals surface area contributed by atoms with Crippen molar-refractivity contribution in [1.82, 2.24) is 15.0 Å². The first-order valence-corrected chi connectivity index (χ1v) is 9.02. The number of anilines is 3. The second-order valence-corrected chi connectivity index (χ2v) is 6.35. The van der Waals surface area contributed by atoms with Crippen LogP contribution in [0.25, 0.3) is 0 Å². The van der Waals surface area contributed by atoms with Crippen molar-refractivity contribution in [2.24, 2.45) is 0 Å². The van der Waals surface area contributed by atoms with Gasteiger partial charge in [-0.1, -0.05) is 31.2 Å². The van der Waals surface area contributed by atoms with Crippen LogP contribution in [0.5, 0.6) is 0 Å². The fraction of sp³-hybridized carbons (Fsp3) is 0.250. The Bertz CT molecular complexity index is 852. The highest BCUT2D eigenvalue weighted by molar-refractivity contribution is 5.43. The van der Waals surface area contributed by atoms with E-state index in [0.29, 0.717) is 31.5 Å². The van der Waals surface area contributed by atoms with E-state index >= 15 is 0 Å². The number of rotatable bonds is 8. The van der Waals surface area contributed by atoms with E-state index in [9.17, 15) is 8.78 Å². The summed E-state index contributed by atoms with van der Waals surface area (Å²) >= 11 is 0. The Balaban J connectivity index is 1.91. The minimum atomic E-state index is -0.302. The van der Waals surface area contributed by atoms with E-state index in [4.69, 9.17) is 5.73 Å². The SMILES string of the molecule is CCCNc1nc(N)nc(N(Cc2ccc(F)cc2)Cc2ccc(F)cc2)n1. The molecule has 3 N–H and O–H groups in total. The van der Waals surface area contributed by atoms with Crippen LogP contribution in [-0.4, -0.2) is 21.5 Å². The Morgan fingerprint density at radius 1 is 0.857 bits per heavy atom. The topological polar surface area (TPSA) is 80.0 Å². The lowest BCUT2D eigenvalue weighted by Gasteiger charge is -2.23. The monoisotopic (exact) mass is 384 g/mol. The Hall–Kier alpha value is -3.29. The van der Waals surface area contributed by atoms with Gasteiger partial charge in [-0.25, -0.2) is 8.78 Å². The molecule has 3 rings (SSSR count). The smallest absolute Gasteiger partial charge is 0.232 e. The van der Waals surface area contributed by atoms with Crippen LogP contribution >= 0.6 is 0 Å². The van der Waals surface area contributed by atoms with Crippen molar-refractivity contribution >= 4 is 17.8 Å². The van der Waals surface area contributed by atoms with Crippen molar-refractivity contribution in [2.45, 2.75) is 26.4 Å². The molecule has 0 aliphatic heterocycles. The molecule has 0 fully saturated rings. The molecule has 1 aromatic heterocycles. The number of nitrogen functional groups attached to an aromatic ring is 1. The predicted octanol–water partition coefficient (Wildman–Crippen LogP) is 3.76. The molecule has 0 radical (unpaired) electrons. The maximum absolute atomic E-state index is 13.2. The summed E-state index contributed by atoms with van der Waals surface area (Å²) in [5.41, 5.74) is 7.63. The van der Waals surface area contributed by atoms with E-state index in [-0.39, 0.29) is 17.6 Å². The predicted molar refractivity (Wildman–Crippen MR) is 106 cm³/mol. The summed E-state index contributed by atoms with van der Waals surface area (Å²) in [4.78, 5) is 14.7. The normalized spacial score (nSPS) is 10.7. The van der Waals surface area contributed by atoms with Crippen LogP contribution in [-0.2, 0) is 13.1 Å². The zero-order chi connectivity index (χ0) is 19.9. The van der Waals surface area contributed by atoms with Gasteiger partial charge >= 0.3 is 0 Å². The van der Waals surface area contributed by atoms with Crippen LogP contribution in [0.4, 0.5) is 26.6 Å². The van der Waals surface area contributed by atoms with Crippen molar-refractivity contribution in [2.75, 3.05) is 22.5 Å². The first-order valence-electron chi connectivity index (χ1n) is 9.02.